The van der Waals surface area contributed by atoms with Crippen molar-refractivity contribution >= 4 is 23.3 Å². The zero-order valence-electron chi connectivity index (χ0n) is 10.5. The summed E-state index contributed by atoms with van der Waals surface area (Å²) in [6.07, 6.45) is 0. The summed E-state index contributed by atoms with van der Waals surface area (Å²) in [5, 5.41) is 12.4. The van der Waals surface area contributed by atoms with Gasteiger partial charge >= 0.3 is 5.97 Å². The van der Waals surface area contributed by atoms with Crippen LogP contribution in [0, 0.1) is 6.92 Å². The van der Waals surface area contributed by atoms with E-state index in [0.717, 1.165) is 11.3 Å². The minimum Gasteiger partial charge on any atom is -0.478 e. The number of aromatic carboxylic acids is 1. The average Bonchev–Trinajstić information content (AvgIpc) is 2.39. The molecular weight excluding hydrogens is 262 g/mol. The lowest BCUT2D eigenvalue weighted by Crippen LogP contribution is -2.02. The van der Waals surface area contributed by atoms with Crippen molar-refractivity contribution in [1.29, 1.82) is 0 Å². The predicted molar refractivity (Wildman–Crippen MR) is 76.9 cm³/mol. The van der Waals surface area contributed by atoms with Gasteiger partial charge in [0.1, 0.15) is 0 Å². The number of aryl methyl sites for hydroxylation is 1. The van der Waals surface area contributed by atoms with Gasteiger partial charge in [-0.15, -0.1) is 0 Å². The second kappa shape index (κ2) is 5.76. The van der Waals surface area contributed by atoms with Gasteiger partial charge in [0, 0.05) is 12.2 Å². The van der Waals surface area contributed by atoms with Crippen molar-refractivity contribution in [2.45, 2.75) is 13.5 Å². The van der Waals surface area contributed by atoms with Crippen molar-refractivity contribution < 1.29 is 9.90 Å². The summed E-state index contributed by atoms with van der Waals surface area (Å²) in [5.41, 5.74) is 3.19. The first-order valence-electron chi connectivity index (χ1n) is 5.88. The van der Waals surface area contributed by atoms with Crippen molar-refractivity contribution in [2.24, 2.45) is 0 Å². The highest BCUT2D eigenvalue weighted by atomic mass is 35.5. The molecular formula is C15H14ClNO2. The molecule has 0 spiro atoms. The normalized spacial score (nSPS) is 10.2. The summed E-state index contributed by atoms with van der Waals surface area (Å²) in [6.45, 7) is 2.68. The van der Waals surface area contributed by atoms with Gasteiger partial charge in [-0.2, -0.15) is 0 Å². The Hall–Kier alpha value is -2.00. The molecule has 0 aromatic heterocycles. The number of carboxylic acids is 1. The van der Waals surface area contributed by atoms with Crippen molar-refractivity contribution in [3.8, 4) is 0 Å². The number of nitrogens with one attached hydrogen (secondary N) is 1. The Kier molecular flexibility index (Phi) is 4.07. The maximum Gasteiger partial charge on any atom is 0.337 e. The van der Waals surface area contributed by atoms with Crippen LogP contribution in [0.1, 0.15) is 21.5 Å². The van der Waals surface area contributed by atoms with Crippen LogP contribution in [0.3, 0.4) is 0 Å². The van der Waals surface area contributed by atoms with E-state index in [1.807, 2.05) is 31.2 Å². The fourth-order valence-corrected chi connectivity index (χ4v) is 1.91. The first-order chi connectivity index (χ1) is 9.06. The fourth-order valence-electron chi connectivity index (χ4n) is 1.71. The molecule has 0 saturated carbocycles. The maximum absolute atomic E-state index is 11.0. The van der Waals surface area contributed by atoms with E-state index >= 15 is 0 Å². The number of hydrogen-bond acceptors (Lipinski definition) is 2. The molecule has 2 N–H and O–H groups in total. The van der Waals surface area contributed by atoms with Crippen LogP contribution in [0.4, 0.5) is 5.69 Å². The monoisotopic (exact) mass is 275 g/mol. The van der Waals surface area contributed by atoms with Gasteiger partial charge in [0.05, 0.1) is 10.6 Å². The van der Waals surface area contributed by atoms with Gasteiger partial charge in [-0.1, -0.05) is 41.4 Å². The molecule has 0 atom stereocenters. The summed E-state index contributed by atoms with van der Waals surface area (Å²) in [5.74, 6) is -1.02. The highest BCUT2D eigenvalue weighted by Gasteiger charge is 2.09. The van der Waals surface area contributed by atoms with E-state index in [1.165, 1.54) is 5.56 Å². The second-order valence-electron chi connectivity index (χ2n) is 4.34. The highest BCUT2D eigenvalue weighted by molar-refractivity contribution is 6.33. The average molecular weight is 276 g/mol. The summed E-state index contributed by atoms with van der Waals surface area (Å²) >= 11 is 5.82. The molecule has 3 nitrogen and oxygen atoms in total. The molecule has 4 heteroatoms. The Morgan fingerprint density at radius 2 is 1.89 bits per heavy atom. The molecule has 0 fully saturated rings. The Morgan fingerprint density at radius 1 is 1.21 bits per heavy atom. The number of rotatable bonds is 4. The molecule has 0 heterocycles. The standard InChI is InChI=1S/C15H14ClNO2/c1-10-2-4-11(5-3-10)9-17-12-6-7-14(16)13(8-12)15(18)19/h2-8,17H,9H2,1H3,(H,18,19). The maximum atomic E-state index is 11.0. The van der Waals surface area contributed by atoms with E-state index in [4.69, 9.17) is 16.7 Å². The molecule has 2 aromatic carbocycles. The smallest absolute Gasteiger partial charge is 0.337 e. The zero-order valence-corrected chi connectivity index (χ0v) is 11.2. The van der Waals surface area contributed by atoms with Crippen LogP contribution in [0.5, 0.6) is 0 Å². The van der Waals surface area contributed by atoms with Crippen molar-refractivity contribution in [3.05, 3.63) is 64.2 Å². The van der Waals surface area contributed by atoms with Gasteiger partial charge in [-0.3, -0.25) is 0 Å². The number of halogens is 1. The van der Waals surface area contributed by atoms with Crippen LogP contribution in [0.25, 0.3) is 0 Å². The molecule has 2 aromatic rings. The van der Waals surface area contributed by atoms with Gasteiger partial charge in [0.2, 0.25) is 0 Å². The minimum absolute atomic E-state index is 0.107. The summed E-state index contributed by atoms with van der Waals surface area (Å²) in [7, 11) is 0. The highest BCUT2D eigenvalue weighted by Crippen LogP contribution is 2.21. The first-order valence-corrected chi connectivity index (χ1v) is 6.26. The zero-order chi connectivity index (χ0) is 13.8. The molecule has 0 aliphatic carbocycles. The predicted octanol–water partition coefficient (Wildman–Crippen LogP) is 3.96. The first kappa shape index (κ1) is 13.4. The number of benzene rings is 2. The van der Waals surface area contributed by atoms with E-state index in [1.54, 1.807) is 18.2 Å². The van der Waals surface area contributed by atoms with E-state index in [0.29, 0.717) is 6.54 Å². The van der Waals surface area contributed by atoms with Crippen LogP contribution >= 0.6 is 11.6 Å². The molecule has 0 unspecified atom stereocenters. The molecule has 0 bridgehead atoms. The number of carbonyl (C=O) groups is 1. The second-order valence-corrected chi connectivity index (χ2v) is 4.75. The van der Waals surface area contributed by atoms with Crippen LogP contribution < -0.4 is 5.32 Å². The lowest BCUT2D eigenvalue weighted by molar-refractivity contribution is 0.0697. The lowest BCUT2D eigenvalue weighted by Gasteiger charge is -2.08. The molecule has 0 saturated heterocycles. The number of carboxylic acid groups (broad SMARTS) is 1. The number of anilines is 1. The van der Waals surface area contributed by atoms with Crippen molar-refractivity contribution in [3.63, 3.8) is 0 Å². The largest absolute Gasteiger partial charge is 0.478 e. The van der Waals surface area contributed by atoms with Gasteiger partial charge in [-0.25, -0.2) is 4.79 Å². The Labute approximate surface area is 116 Å². The Morgan fingerprint density at radius 3 is 2.53 bits per heavy atom. The Bertz CT molecular complexity index is 594. The van der Waals surface area contributed by atoms with Crippen LogP contribution in [-0.4, -0.2) is 11.1 Å². The van der Waals surface area contributed by atoms with Gasteiger partial charge in [0.15, 0.2) is 0 Å². The van der Waals surface area contributed by atoms with Crippen molar-refractivity contribution in [1.82, 2.24) is 0 Å². The van der Waals surface area contributed by atoms with Crippen LogP contribution in [-0.2, 0) is 6.54 Å². The SMILES string of the molecule is Cc1ccc(CNc2ccc(Cl)c(C(=O)O)c2)cc1. The summed E-state index contributed by atoms with van der Waals surface area (Å²) in [6, 6.07) is 13.1. The molecule has 0 radical (unpaired) electrons. The van der Waals surface area contributed by atoms with Gasteiger partial charge in [-0.05, 0) is 30.7 Å². The molecule has 2 rings (SSSR count). The van der Waals surface area contributed by atoms with Crippen LogP contribution in [0.15, 0.2) is 42.5 Å². The van der Waals surface area contributed by atoms with E-state index in [2.05, 4.69) is 5.32 Å². The quantitative estimate of drug-likeness (QED) is 0.888. The molecule has 0 aliphatic rings. The number of hydrogen-bond donors (Lipinski definition) is 2. The van der Waals surface area contributed by atoms with Crippen molar-refractivity contribution in [2.75, 3.05) is 5.32 Å². The van der Waals surface area contributed by atoms with Gasteiger partial charge < -0.3 is 10.4 Å². The Balaban J connectivity index is 2.09. The minimum atomic E-state index is -1.02. The van der Waals surface area contributed by atoms with E-state index < -0.39 is 5.97 Å². The fraction of sp³-hybridized carbons (Fsp3) is 0.133. The topological polar surface area (TPSA) is 49.3 Å². The van der Waals surface area contributed by atoms with Crippen LogP contribution in [0.2, 0.25) is 5.02 Å². The summed E-state index contributed by atoms with van der Waals surface area (Å²) in [4.78, 5) is 11.0. The third-order valence-electron chi connectivity index (χ3n) is 2.81. The molecule has 98 valence electrons. The van der Waals surface area contributed by atoms with E-state index in [-0.39, 0.29) is 10.6 Å². The lowest BCUT2D eigenvalue weighted by atomic mass is 10.1. The molecule has 0 amide bonds. The third-order valence-corrected chi connectivity index (χ3v) is 3.14. The van der Waals surface area contributed by atoms with E-state index in [9.17, 15) is 4.79 Å². The molecule has 19 heavy (non-hydrogen) atoms. The third kappa shape index (κ3) is 3.48. The molecule has 0 aliphatic heterocycles. The summed E-state index contributed by atoms with van der Waals surface area (Å²) < 4.78 is 0. The van der Waals surface area contributed by atoms with Gasteiger partial charge in [0.25, 0.3) is 0 Å².